The predicted molar refractivity (Wildman–Crippen MR) is 72.6 cm³/mol. The summed E-state index contributed by atoms with van der Waals surface area (Å²) in [5.74, 6) is -0.310. The van der Waals surface area contributed by atoms with Gasteiger partial charge in [-0.25, -0.2) is 8.42 Å². The van der Waals surface area contributed by atoms with Gasteiger partial charge in [0.05, 0.1) is 5.75 Å². The van der Waals surface area contributed by atoms with Gasteiger partial charge in [0.15, 0.2) is 0 Å². The van der Waals surface area contributed by atoms with Gasteiger partial charge in [0.25, 0.3) is 5.91 Å². The molecular formula is C12H18N2O3S. The summed E-state index contributed by atoms with van der Waals surface area (Å²) in [7, 11) is -3.04. The van der Waals surface area contributed by atoms with Gasteiger partial charge in [-0.3, -0.25) is 4.79 Å². The topological polar surface area (TPSA) is 75.3 Å². The minimum absolute atomic E-state index is 0.0474. The fourth-order valence-electron chi connectivity index (χ4n) is 1.40. The number of sulfone groups is 1. The Hall–Kier alpha value is -1.56. The van der Waals surface area contributed by atoms with E-state index < -0.39 is 9.84 Å². The minimum atomic E-state index is -3.04. The van der Waals surface area contributed by atoms with E-state index in [2.05, 4.69) is 10.6 Å². The quantitative estimate of drug-likeness (QED) is 0.805. The zero-order chi connectivity index (χ0) is 13.6. The van der Waals surface area contributed by atoms with E-state index in [1.165, 1.54) is 0 Å². The maximum Gasteiger partial charge on any atom is 0.251 e. The minimum Gasteiger partial charge on any atom is -0.385 e. The third kappa shape index (κ3) is 5.18. The lowest BCUT2D eigenvalue weighted by molar-refractivity contribution is 0.0956. The van der Waals surface area contributed by atoms with Gasteiger partial charge in [-0.1, -0.05) is 0 Å². The summed E-state index contributed by atoms with van der Waals surface area (Å²) in [4.78, 5) is 11.7. The number of hydrogen-bond acceptors (Lipinski definition) is 4. The van der Waals surface area contributed by atoms with E-state index in [1.807, 2.05) is 19.1 Å². The van der Waals surface area contributed by atoms with Crippen LogP contribution in [-0.2, 0) is 9.84 Å². The second-order valence-corrected chi connectivity index (χ2v) is 6.25. The number of carbonyl (C=O) groups is 1. The third-order valence-electron chi connectivity index (χ3n) is 2.29. The van der Waals surface area contributed by atoms with Crippen molar-refractivity contribution in [1.29, 1.82) is 0 Å². The van der Waals surface area contributed by atoms with Crippen LogP contribution in [0.25, 0.3) is 0 Å². The van der Waals surface area contributed by atoms with Crippen molar-refractivity contribution >= 4 is 21.4 Å². The van der Waals surface area contributed by atoms with Crippen molar-refractivity contribution in [3.05, 3.63) is 29.8 Å². The zero-order valence-electron chi connectivity index (χ0n) is 10.6. The highest BCUT2D eigenvalue weighted by atomic mass is 32.2. The van der Waals surface area contributed by atoms with E-state index in [0.29, 0.717) is 5.56 Å². The molecule has 0 radical (unpaired) electrons. The maximum atomic E-state index is 11.7. The number of carbonyl (C=O) groups excluding carboxylic acids is 1. The SMILES string of the molecule is CCNc1ccc(C(=O)NCCS(C)(=O)=O)cc1. The number of rotatable bonds is 6. The van der Waals surface area contributed by atoms with Crippen LogP contribution in [0.1, 0.15) is 17.3 Å². The van der Waals surface area contributed by atoms with E-state index in [-0.39, 0.29) is 18.2 Å². The summed E-state index contributed by atoms with van der Waals surface area (Å²) in [5.41, 5.74) is 1.47. The number of amides is 1. The first-order valence-corrected chi connectivity index (χ1v) is 7.78. The molecule has 1 amide bonds. The number of anilines is 1. The van der Waals surface area contributed by atoms with E-state index >= 15 is 0 Å². The average Bonchev–Trinajstić information content (AvgIpc) is 2.28. The summed E-state index contributed by atoms with van der Waals surface area (Å²) in [5, 5.41) is 5.69. The lowest BCUT2D eigenvalue weighted by Gasteiger charge is -2.06. The van der Waals surface area contributed by atoms with Crippen molar-refractivity contribution < 1.29 is 13.2 Å². The standard InChI is InChI=1S/C12H18N2O3S/c1-3-13-11-6-4-10(5-7-11)12(15)14-8-9-18(2,16)17/h4-7,13H,3,8-9H2,1-2H3,(H,14,15). The van der Waals surface area contributed by atoms with Crippen LogP contribution in [0.15, 0.2) is 24.3 Å². The lowest BCUT2D eigenvalue weighted by Crippen LogP contribution is -2.28. The monoisotopic (exact) mass is 270 g/mol. The zero-order valence-corrected chi connectivity index (χ0v) is 11.4. The summed E-state index contributed by atoms with van der Waals surface area (Å²) in [6, 6.07) is 7.03. The molecule has 0 aromatic heterocycles. The van der Waals surface area contributed by atoms with Crippen molar-refractivity contribution in [1.82, 2.24) is 5.32 Å². The van der Waals surface area contributed by atoms with Crippen molar-refractivity contribution in [2.75, 3.05) is 30.4 Å². The Morgan fingerprint density at radius 3 is 2.33 bits per heavy atom. The van der Waals surface area contributed by atoms with Crippen LogP contribution in [0, 0.1) is 0 Å². The average molecular weight is 270 g/mol. The highest BCUT2D eigenvalue weighted by Gasteiger charge is 2.07. The van der Waals surface area contributed by atoms with E-state index in [1.54, 1.807) is 12.1 Å². The largest absolute Gasteiger partial charge is 0.385 e. The Morgan fingerprint density at radius 2 is 1.83 bits per heavy atom. The molecule has 18 heavy (non-hydrogen) atoms. The fraction of sp³-hybridized carbons (Fsp3) is 0.417. The molecule has 1 rings (SSSR count). The molecule has 0 aliphatic rings. The Kier molecular flexibility index (Phi) is 5.15. The predicted octanol–water partition coefficient (Wildman–Crippen LogP) is 0.893. The highest BCUT2D eigenvalue weighted by Crippen LogP contribution is 2.08. The first-order valence-electron chi connectivity index (χ1n) is 5.72. The molecule has 100 valence electrons. The summed E-state index contributed by atoms with van der Waals surface area (Å²) in [6.45, 7) is 2.94. The summed E-state index contributed by atoms with van der Waals surface area (Å²) >= 11 is 0. The molecule has 0 spiro atoms. The molecule has 0 saturated heterocycles. The van der Waals surface area contributed by atoms with Crippen LogP contribution in [0.4, 0.5) is 5.69 Å². The molecule has 2 N–H and O–H groups in total. The molecule has 0 aliphatic heterocycles. The smallest absolute Gasteiger partial charge is 0.251 e. The lowest BCUT2D eigenvalue weighted by atomic mass is 10.2. The van der Waals surface area contributed by atoms with E-state index in [4.69, 9.17) is 0 Å². The third-order valence-corrected chi connectivity index (χ3v) is 3.23. The Morgan fingerprint density at radius 1 is 1.22 bits per heavy atom. The van der Waals surface area contributed by atoms with Gasteiger partial charge in [-0.2, -0.15) is 0 Å². The molecule has 0 saturated carbocycles. The molecule has 0 atom stereocenters. The number of hydrogen-bond donors (Lipinski definition) is 2. The molecule has 1 aromatic carbocycles. The molecular weight excluding hydrogens is 252 g/mol. The van der Waals surface area contributed by atoms with Crippen molar-refractivity contribution in [3.63, 3.8) is 0 Å². The summed E-state index contributed by atoms with van der Waals surface area (Å²) < 4.78 is 21.8. The molecule has 0 fully saturated rings. The van der Waals surface area contributed by atoms with Crippen LogP contribution in [-0.4, -0.2) is 39.4 Å². The molecule has 0 heterocycles. The van der Waals surface area contributed by atoms with Gasteiger partial charge in [0.1, 0.15) is 9.84 Å². The molecule has 6 heteroatoms. The Labute approximate surface area is 108 Å². The Balaban J connectivity index is 2.51. The second kappa shape index (κ2) is 6.39. The number of nitrogens with one attached hydrogen (secondary N) is 2. The molecule has 5 nitrogen and oxygen atoms in total. The van der Waals surface area contributed by atoms with Gasteiger partial charge < -0.3 is 10.6 Å². The van der Waals surface area contributed by atoms with Crippen LogP contribution >= 0.6 is 0 Å². The van der Waals surface area contributed by atoms with Crippen LogP contribution < -0.4 is 10.6 Å². The first kappa shape index (κ1) is 14.5. The normalized spacial score (nSPS) is 11.0. The van der Waals surface area contributed by atoms with Crippen LogP contribution in [0.2, 0.25) is 0 Å². The van der Waals surface area contributed by atoms with Gasteiger partial charge in [0.2, 0.25) is 0 Å². The van der Waals surface area contributed by atoms with Crippen molar-refractivity contribution in [3.8, 4) is 0 Å². The van der Waals surface area contributed by atoms with Gasteiger partial charge >= 0.3 is 0 Å². The Bertz CT molecular complexity index is 495. The van der Waals surface area contributed by atoms with E-state index in [9.17, 15) is 13.2 Å². The molecule has 1 aromatic rings. The fourth-order valence-corrected chi connectivity index (χ4v) is 1.87. The molecule has 0 unspecified atom stereocenters. The molecule has 0 aliphatic carbocycles. The second-order valence-electron chi connectivity index (χ2n) is 3.99. The van der Waals surface area contributed by atoms with Crippen molar-refractivity contribution in [2.24, 2.45) is 0 Å². The highest BCUT2D eigenvalue weighted by molar-refractivity contribution is 7.90. The van der Waals surface area contributed by atoms with Crippen LogP contribution in [0.5, 0.6) is 0 Å². The number of benzene rings is 1. The van der Waals surface area contributed by atoms with Gasteiger partial charge in [0, 0.05) is 30.6 Å². The first-order chi connectivity index (χ1) is 8.42. The van der Waals surface area contributed by atoms with Crippen LogP contribution in [0.3, 0.4) is 0 Å². The maximum absolute atomic E-state index is 11.7. The van der Waals surface area contributed by atoms with E-state index in [0.717, 1.165) is 18.5 Å². The molecule has 0 bridgehead atoms. The van der Waals surface area contributed by atoms with Crippen molar-refractivity contribution in [2.45, 2.75) is 6.92 Å². The summed E-state index contributed by atoms with van der Waals surface area (Å²) in [6.07, 6.45) is 1.14. The van der Waals surface area contributed by atoms with Gasteiger partial charge in [-0.15, -0.1) is 0 Å². The van der Waals surface area contributed by atoms with Gasteiger partial charge in [-0.05, 0) is 31.2 Å².